The highest BCUT2D eigenvalue weighted by Gasteiger charge is 2.42. The standard InChI is InChI=1S/C14H18Cl2N2O2/c1-14(13(19)20,18-7-2-5-17-6-8-18)11-4-3-10(15)9-12(11)16/h3-4,9,17H,2,5-8H2,1H3,(H,19,20). The van der Waals surface area contributed by atoms with Gasteiger partial charge in [-0.1, -0.05) is 29.3 Å². The van der Waals surface area contributed by atoms with E-state index in [1.807, 2.05) is 4.90 Å². The molecule has 1 unspecified atom stereocenters. The van der Waals surface area contributed by atoms with Crippen molar-refractivity contribution in [3.8, 4) is 0 Å². The van der Waals surface area contributed by atoms with Gasteiger partial charge in [0.15, 0.2) is 0 Å². The van der Waals surface area contributed by atoms with Crippen LogP contribution in [0.3, 0.4) is 0 Å². The molecule has 0 bridgehead atoms. The second-order valence-electron chi connectivity index (χ2n) is 5.09. The number of rotatable bonds is 3. The van der Waals surface area contributed by atoms with E-state index in [0.29, 0.717) is 22.2 Å². The predicted octanol–water partition coefficient (Wildman–Crippen LogP) is 2.59. The first kappa shape index (κ1) is 15.6. The molecule has 2 N–H and O–H groups in total. The SMILES string of the molecule is CC(C(=O)O)(c1ccc(Cl)cc1Cl)N1CCCNCC1. The fourth-order valence-electron chi connectivity index (χ4n) is 2.60. The number of benzene rings is 1. The third-order valence-corrected chi connectivity index (χ3v) is 4.39. The summed E-state index contributed by atoms with van der Waals surface area (Å²) in [5, 5.41) is 13.9. The molecular weight excluding hydrogens is 299 g/mol. The molecule has 1 atom stereocenters. The van der Waals surface area contributed by atoms with E-state index in [-0.39, 0.29) is 0 Å². The Morgan fingerprint density at radius 1 is 1.35 bits per heavy atom. The summed E-state index contributed by atoms with van der Waals surface area (Å²) in [6.45, 7) is 4.76. The molecule has 4 nitrogen and oxygen atoms in total. The Hall–Kier alpha value is -0.810. The number of hydrogen-bond acceptors (Lipinski definition) is 3. The first-order valence-electron chi connectivity index (χ1n) is 6.61. The molecule has 1 fully saturated rings. The van der Waals surface area contributed by atoms with Crippen molar-refractivity contribution in [1.29, 1.82) is 0 Å². The second kappa shape index (κ2) is 6.31. The molecule has 1 heterocycles. The zero-order chi connectivity index (χ0) is 14.8. The summed E-state index contributed by atoms with van der Waals surface area (Å²) >= 11 is 12.1. The van der Waals surface area contributed by atoms with Crippen LogP contribution in [0.5, 0.6) is 0 Å². The van der Waals surface area contributed by atoms with Crippen LogP contribution in [-0.4, -0.2) is 42.2 Å². The van der Waals surface area contributed by atoms with Gasteiger partial charge >= 0.3 is 5.97 Å². The number of carboxylic acids is 1. The Labute approximate surface area is 128 Å². The van der Waals surface area contributed by atoms with E-state index >= 15 is 0 Å². The number of carboxylic acid groups (broad SMARTS) is 1. The van der Waals surface area contributed by atoms with Crippen LogP contribution in [0.15, 0.2) is 18.2 Å². The molecule has 0 radical (unpaired) electrons. The van der Waals surface area contributed by atoms with Gasteiger partial charge in [0.1, 0.15) is 5.54 Å². The lowest BCUT2D eigenvalue weighted by molar-refractivity contribution is -0.151. The maximum Gasteiger partial charge on any atom is 0.328 e. The summed E-state index contributed by atoms with van der Waals surface area (Å²) in [4.78, 5) is 13.9. The van der Waals surface area contributed by atoms with E-state index in [1.54, 1.807) is 25.1 Å². The zero-order valence-corrected chi connectivity index (χ0v) is 12.8. The van der Waals surface area contributed by atoms with Gasteiger partial charge in [-0.25, -0.2) is 4.79 Å². The number of carbonyl (C=O) groups is 1. The molecule has 0 saturated carbocycles. The molecule has 1 aromatic carbocycles. The van der Waals surface area contributed by atoms with Crippen LogP contribution in [0.25, 0.3) is 0 Å². The highest BCUT2D eigenvalue weighted by molar-refractivity contribution is 6.35. The molecule has 110 valence electrons. The van der Waals surface area contributed by atoms with Crippen LogP contribution < -0.4 is 5.32 Å². The Bertz CT molecular complexity index is 502. The van der Waals surface area contributed by atoms with E-state index in [1.165, 1.54) is 0 Å². The third-order valence-electron chi connectivity index (χ3n) is 3.84. The van der Waals surface area contributed by atoms with Crippen LogP contribution >= 0.6 is 23.2 Å². The van der Waals surface area contributed by atoms with Crippen molar-refractivity contribution in [2.75, 3.05) is 26.2 Å². The molecule has 1 aliphatic heterocycles. The predicted molar refractivity (Wildman–Crippen MR) is 80.5 cm³/mol. The Morgan fingerprint density at radius 3 is 2.75 bits per heavy atom. The molecule has 1 aromatic rings. The average molecular weight is 317 g/mol. The van der Waals surface area contributed by atoms with Crippen molar-refractivity contribution in [3.63, 3.8) is 0 Å². The number of halogens is 2. The van der Waals surface area contributed by atoms with E-state index in [0.717, 1.165) is 26.1 Å². The van der Waals surface area contributed by atoms with E-state index in [4.69, 9.17) is 23.2 Å². The lowest BCUT2D eigenvalue weighted by Crippen LogP contribution is -2.51. The molecular formula is C14H18Cl2N2O2. The summed E-state index contributed by atoms with van der Waals surface area (Å²) in [5.74, 6) is -0.899. The smallest absolute Gasteiger partial charge is 0.328 e. The van der Waals surface area contributed by atoms with Gasteiger partial charge in [-0.2, -0.15) is 0 Å². The van der Waals surface area contributed by atoms with Gasteiger partial charge < -0.3 is 10.4 Å². The number of aliphatic carboxylic acids is 1. The van der Waals surface area contributed by atoms with E-state index in [2.05, 4.69) is 5.32 Å². The summed E-state index contributed by atoms with van der Waals surface area (Å²) in [5.41, 5.74) is -0.564. The van der Waals surface area contributed by atoms with Gasteiger partial charge in [0.2, 0.25) is 0 Å². The van der Waals surface area contributed by atoms with Crippen LogP contribution in [-0.2, 0) is 10.3 Å². The molecule has 1 saturated heterocycles. The van der Waals surface area contributed by atoms with E-state index < -0.39 is 11.5 Å². The minimum absolute atomic E-state index is 0.389. The minimum atomic E-state index is -1.15. The topological polar surface area (TPSA) is 52.6 Å². The largest absolute Gasteiger partial charge is 0.480 e. The molecule has 0 aliphatic carbocycles. The first-order chi connectivity index (χ1) is 9.46. The molecule has 0 spiro atoms. The highest BCUT2D eigenvalue weighted by Crippen LogP contribution is 2.35. The van der Waals surface area contributed by atoms with Gasteiger partial charge in [-0.3, -0.25) is 4.90 Å². The minimum Gasteiger partial charge on any atom is -0.480 e. The fraction of sp³-hybridized carbons (Fsp3) is 0.500. The van der Waals surface area contributed by atoms with Gasteiger partial charge in [0.25, 0.3) is 0 Å². The van der Waals surface area contributed by atoms with Crippen molar-refractivity contribution < 1.29 is 9.90 Å². The van der Waals surface area contributed by atoms with Crippen molar-refractivity contribution in [2.24, 2.45) is 0 Å². The summed E-state index contributed by atoms with van der Waals surface area (Å²) in [7, 11) is 0. The van der Waals surface area contributed by atoms with Gasteiger partial charge in [-0.05, 0) is 32.0 Å². The van der Waals surface area contributed by atoms with Crippen LogP contribution in [0.2, 0.25) is 10.0 Å². The Kier molecular flexibility index (Phi) is 4.91. The summed E-state index contributed by atoms with van der Waals surface area (Å²) in [6, 6.07) is 4.98. The molecule has 20 heavy (non-hydrogen) atoms. The fourth-order valence-corrected chi connectivity index (χ4v) is 3.19. The Morgan fingerprint density at radius 2 is 2.10 bits per heavy atom. The van der Waals surface area contributed by atoms with Crippen molar-refractivity contribution in [3.05, 3.63) is 33.8 Å². The summed E-state index contributed by atoms with van der Waals surface area (Å²) in [6.07, 6.45) is 0.911. The maximum absolute atomic E-state index is 11.9. The normalized spacial score (nSPS) is 20.1. The zero-order valence-electron chi connectivity index (χ0n) is 11.3. The molecule has 0 amide bonds. The molecule has 1 aliphatic rings. The first-order valence-corrected chi connectivity index (χ1v) is 7.36. The Balaban J connectivity index is 2.44. The second-order valence-corrected chi connectivity index (χ2v) is 5.94. The average Bonchev–Trinajstić information content (AvgIpc) is 2.66. The third kappa shape index (κ3) is 2.93. The highest BCUT2D eigenvalue weighted by atomic mass is 35.5. The van der Waals surface area contributed by atoms with Crippen LogP contribution in [0.4, 0.5) is 0 Å². The van der Waals surface area contributed by atoms with Gasteiger partial charge in [0.05, 0.1) is 0 Å². The quantitative estimate of drug-likeness (QED) is 0.900. The number of nitrogens with one attached hydrogen (secondary N) is 1. The lowest BCUT2D eigenvalue weighted by atomic mass is 9.89. The van der Waals surface area contributed by atoms with Crippen LogP contribution in [0, 0.1) is 0 Å². The molecule has 6 heteroatoms. The number of hydrogen-bond donors (Lipinski definition) is 2. The molecule has 0 aromatic heterocycles. The monoisotopic (exact) mass is 316 g/mol. The van der Waals surface area contributed by atoms with Crippen molar-refractivity contribution in [2.45, 2.75) is 18.9 Å². The van der Waals surface area contributed by atoms with Crippen molar-refractivity contribution in [1.82, 2.24) is 10.2 Å². The number of nitrogens with zero attached hydrogens (tertiary/aromatic N) is 1. The van der Waals surface area contributed by atoms with E-state index in [9.17, 15) is 9.90 Å². The summed E-state index contributed by atoms with van der Waals surface area (Å²) < 4.78 is 0. The maximum atomic E-state index is 11.9. The van der Waals surface area contributed by atoms with Crippen molar-refractivity contribution >= 4 is 29.2 Å². The van der Waals surface area contributed by atoms with Gasteiger partial charge in [0, 0.05) is 35.2 Å². The van der Waals surface area contributed by atoms with Gasteiger partial charge in [-0.15, -0.1) is 0 Å². The van der Waals surface area contributed by atoms with Crippen LogP contribution in [0.1, 0.15) is 18.9 Å². The lowest BCUT2D eigenvalue weighted by Gasteiger charge is -2.38. The molecule has 2 rings (SSSR count).